The van der Waals surface area contributed by atoms with Gasteiger partial charge in [-0.1, -0.05) is 33.9 Å². The predicted molar refractivity (Wildman–Crippen MR) is 60.6 cm³/mol. The lowest BCUT2D eigenvalue weighted by Crippen LogP contribution is -2.83. The van der Waals surface area contributed by atoms with E-state index in [-0.39, 0.29) is 17.4 Å². The van der Waals surface area contributed by atoms with Crippen molar-refractivity contribution in [1.29, 1.82) is 0 Å². The lowest BCUT2D eigenvalue weighted by Gasteiger charge is -2.53. The summed E-state index contributed by atoms with van der Waals surface area (Å²) in [5.74, 6) is -1.17. The standard InChI is InChI=1S/C10H19NO3Si/c1-9(2,3)15(4,5)10(8(13)14)7(12)6-11-10/h11H,6H2,1-5H3,(H,13,14). The van der Waals surface area contributed by atoms with Crippen molar-refractivity contribution < 1.29 is 14.7 Å². The number of hydrogen-bond acceptors (Lipinski definition) is 3. The lowest BCUT2D eigenvalue weighted by molar-refractivity contribution is -0.150. The topological polar surface area (TPSA) is 66.4 Å². The first-order valence-electron chi connectivity index (χ1n) is 5.09. The summed E-state index contributed by atoms with van der Waals surface area (Å²) in [6.45, 7) is 10.2. The van der Waals surface area contributed by atoms with Gasteiger partial charge in [0.05, 0.1) is 6.54 Å². The van der Waals surface area contributed by atoms with Gasteiger partial charge in [-0.2, -0.15) is 0 Å². The third-order valence-electron chi connectivity index (χ3n) is 4.07. The maximum absolute atomic E-state index is 11.7. The molecule has 0 aromatic carbocycles. The predicted octanol–water partition coefficient (Wildman–Crippen LogP) is 1.03. The largest absolute Gasteiger partial charge is 0.480 e. The molecular weight excluding hydrogens is 210 g/mol. The molecule has 1 rings (SSSR count). The molecule has 1 heterocycles. The van der Waals surface area contributed by atoms with E-state index in [1.807, 2.05) is 33.9 Å². The Morgan fingerprint density at radius 3 is 2.00 bits per heavy atom. The average Bonchev–Trinajstić information content (AvgIpc) is 1.98. The van der Waals surface area contributed by atoms with Gasteiger partial charge in [0, 0.05) is 0 Å². The first-order valence-corrected chi connectivity index (χ1v) is 8.09. The van der Waals surface area contributed by atoms with Gasteiger partial charge in [0.2, 0.25) is 0 Å². The molecule has 0 saturated carbocycles. The second-order valence-electron chi connectivity index (χ2n) is 5.71. The Kier molecular flexibility index (Phi) is 2.60. The summed E-state index contributed by atoms with van der Waals surface area (Å²) in [6.07, 6.45) is 0. The number of nitrogens with one attached hydrogen (secondary N) is 1. The van der Waals surface area contributed by atoms with Crippen LogP contribution in [-0.4, -0.2) is 36.6 Å². The van der Waals surface area contributed by atoms with Crippen LogP contribution in [0.25, 0.3) is 0 Å². The second-order valence-corrected chi connectivity index (χ2v) is 11.2. The molecule has 0 amide bonds. The van der Waals surface area contributed by atoms with Crippen LogP contribution in [0.2, 0.25) is 18.1 Å². The van der Waals surface area contributed by atoms with E-state index >= 15 is 0 Å². The van der Waals surface area contributed by atoms with E-state index in [0.29, 0.717) is 0 Å². The molecule has 0 aliphatic carbocycles. The minimum absolute atomic E-state index is 0.130. The van der Waals surface area contributed by atoms with Gasteiger partial charge in [-0.3, -0.25) is 14.9 Å². The van der Waals surface area contributed by atoms with Crippen molar-refractivity contribution in [3.63, 3.8) is 0 Å². The molecule has 15 heavy (non-hydrogen) atoms. The highest BCUT2D eigenvalue weighted by atomic mass is 28.3. The third-order valence-corrected chi connectivity index (χ3v) is 10.4. The quantitative estimate of drug-likeness (QED) is 0.548. The van der Waals surface area contributed by atoms with Crippen molar-refractivity contribution >= 4 is 19.8 Å². The number of carbonyl (C=O) groups excluding carboxylic acids is 1. The van der Waals surface area contributed by atoms with Crippen LogP contribution in [0.15, 0.2) is 0 Å². The second kappa shape index (κ2) is 3.15. The number of carbonyl (C=O) groups is 2. The molecule has 0 aromatic heterocycles. The smallest absolute Gasteiger partial charge is 0.328 e. The molecular formula is C10H19NO3Si. The van der Waals surface area contributed by atoms with Crippen LogP contribution in [0, 0.1) is 0 Å². The summed E-state index contributed by atoms with van der Waals surface area (Å²) in [5.41, 5.74) is 0. The third kappa shape index (κ3) is 1.37. The minimum atomic E-state index is -2.26. The van der Waals surface area contributed by atoms with Gasteiger partial charge in [0.25, 0.3) is 0 Å². The van der Waals surface area contributed by atoms with Crippen LogP contribution < -0.4 is 5.32 Å². The van der Waals surface area contributed by atoms with Crippen molar-refractivity contribution in [2.45, 2.75) is 44.1 Å². The van der Waals surface area contributed by atoms with Crippen molar-refractivity contribution in [2.75, 3.05) is 6.54 Å². The van der Waals surface area contributed by atoms with Crippen LogP contribution in [0.4, 0.5) is 0 Å². The zero-order valence-corrected chi connectivity index (χ0v) is 11.0. The highest BCUT2D eigenvalue weighted by Gasteiger charge is 2.66. The number of Topliss-reactive ketones (excluding diaryl/α,β-unsaturated/α-hetero) is 1. The van der Waals surface area contributed by atoms with Gasteiger partial charge in [0.15, 0.2) is 10.9 Å². The zero-order valence-electron chi connectivity index (χ0n) is 9.97. The molecule has 1 aliphatic heterocycles. The van der Waals surface area contributed by atoms with Gasteiger partial charge >= 0.3 is 5.97 Å². The average molecular weight is 229 g/mol. The maximum Gasteiger partial charge on any atom is 0.328 e. The Morgan fingerprint density at radius 1 is 1.47 bits per heavy atom. The number of rotatable bonds is 2. The number of carboxylic acids is 1. The maximum atomic E-state index is 11.7. The molecule has 1 fully saturated rings. The molecule has 1 saturated heterocycles. The van der Waals surface area contributed by atoms with Crippen LogP contribution in [0.1, 0.15) is 20.8 Å². The Bertz CT molecular complexity index is 309. The monoisotopic (exact) mass is 229 g/mol. The summed E-state index contributed by atoms with van der Waals surface area (Å²) < 4.78 is 0. The van der Waals surface area contributed by atoms with Crippen LogP contribution in [-0.2, 0) is 9.59 Å². The molecule has 86 valence electrons. The number of ketones is 1. The van der Waals surface area contributed by atoms with Crippen molar-refractivity contribution in [3.8, 4) is 0 Å². The molecule has 0 bridgehead atoms. The zero-order chi connectivity index (χ0) is 12.1. The molecule has 0 radical (unpaired) electrons. The van der Waals surface area contributed by atoms with Crippen LogP contribution in [0.3, 0.4) is 0 Å². The summed E-state index contributed by atoms with van der Waals surface area (Å²) in [5, 5.41) is 10.8. The van der Waals surface area contributed by atoms with E-state index < -0.39 is 19.2 Å². The van der Waals surface area contributed by atoms with Gasteiger partial charge in [-0.25, -0.2) is 0 Å². The summed E-state index contributed by atoms with van der Waals surface area (Å²) in [6, 6.07) is 0. The first kappa shape index (κ1) is 12.4. The molecule has 5 heteroatoms. The molecule has 1 aliphatic rings. The Balaban J connectivity index is 3.23. The van der Waals surface area contributed by atoms with E-state index in [1.165, 1.54) is 0 Å². The Hall–Kier alpha value is -0.683. The van der Waals surface area contributed by atoms with Gasteiger partial charge < -0.3 is 5.11 Å². The molecule has 4 nitrogen and oxygen atoms in total. The highest BCUT2D eigenvalue weighted by molar-refractivity contribution is 6.90. The number of hydrogen-bond donors (Lipinski definition) is 2. The van der Waals surface area contributed by atoms with Gasteiger partial charge in [0.1, 0.15) is 8.07 Å². The fraction of sp³-hybridized carbons (Fsp3) is 0.800. The molecule has 2 N–H and O–H groups in total. The van der Waals surface area contributed by atoms with E-state index in [0.717, 1.165) is 0 Å². The van der Waals surface area contributed by atoms with Crippen molar-refractivity contribution in [3.05, 3.63) is 0 Å². The first-order chi connectivity index (χ1) is 6.57. The summed E-state index contributed by atoms with van der Waals surface area (Å²) >= 11 is 0. The van der Waals surface area contributed by atoms with Gasteiger partial charge in [-0.05, 0) is 5.04 Å². The van der Waals surface area contributed by atoms with E-state index in [9.17, 15) is 14.7 Å². The normalized spacial score (nSPS) is 27.4. The molecule has 0 aromatic rings. The minimum Gasteiger partial charge on any atom is -0.480 e. The summed E-state index contributed by atoms with van der Waals surface area (Å²) in [7, 11) is -2.26. The SMILES string of the molecule is CC(C)(C)[Si](C)(C)C1(C(=O)O)NCC1=O. The Morgan fingerprint density at radius 2 is 1.93 bits per heavy atom. The fourth-order valence-corrected chi connectivity index (χ4v) is 4.91. The van der Waals surface area contributed by atoms with Crippen molar-refractivity contribution in [2.24, 2.45) is 0 Å². The summed E-state index contributed by atoms with van der Waals surface area (Å²) in [4.78, 5) is 23.0. The van der Waals surface area contributed by atoms with E-state index in [2.05, 4.69) is 5.32 Å². The fourth-order valence-electron chi connectivity index (χ4n) is 1.93. The molecule has 1 unspecified atom stereocenters. The number of carboxylic acid groups (broad SMARTS) is 1. The molecule has 0 spiro atoms. The molecule has 1 atom stereocenters. The van der Waals surface area contributed by atoms with Crippen LogP contribution >= 0.6 is 0 Å². The lowest BCUT2D eigenvalue weighted by atomic mass is 10.1. The van der Waals surface area contributed by atoms with E-state index in [4.69, 9.17) is 0 Å². The van der Waals surface area contributed by atoms with Crippen LogP contribution in [0.5, 0.6) is 0 Å². The Labute approximate surface area is 91.1 Å². The number of aliphatic carboxylic acids is 1. The highest BCUT2D eigenvalue weighted by Crippen LogP contribution is 2.45. The van der Waals surface area contributed by atoms with E-state index in [1.54, 1.807) is 0 Å². The van der Waals surface area contributed by atoms with Gasteiger partial charge in [-0.15, -0.1) is 0 Å². The van der Waals surface area contributed by atoms with Crippen molar-refractivity contribution in [1.82, 2.24) is 5.32 Å².